The number of sulfonamides is 1. The number of carbonyl (C=O) groups excluding carboxylic acids is 1. The van der Waals surface area contributed by atoms with E-state index in [1.165, 1.54) is 31.0 Å². The molecule has 0 saturated heterocycles. The van der Waals surface area contributed by atoms with Gasteiger partial charge in [-0.3, -0.25) is 9.10 Å². The molecule has 2 aromatic heterocycles. The fourth-order valence-electron chi connectivity index (χ4n) is 4.11. The second kappa shape index (κ2) is 12.0. The summed E-state index contributed by atoms with van der Waals surface area (Å²) in [5.41, 5.74) is 2.59. The lowest BCUT2D eigenvalue weighted by molar-refractivity contribution is -0.102. The Morgan fingerprint density at radius 3 is 2.49 bits per heavy atom. The quantitative estimate of drug-likeness (QED) is 0.177. The third-order valence-electron chi connectivity index (χ3n) is 6.11. The van der Waals surface area contributed by atoms with Crippen LogP contribution in [0.4, 0.5) is 5.69 Å². The van der Waals surface area contributed by atoms with E-state index in [1.807, 2.05) is 24.3 Å². The maximum atomic E-state index is 13.2. The van der Waals surface area contributed by atoms with Crippen molar-refractivity contribution in [3.63, 3.8) is 0 Å². The number of hydrogen-bond acceptors (Lipinski definition) is 7. The molecule has 1 N–H and O–H groups in total. The number of ether oxygens (including phenoxy) is 2. The number of methoxy groups -OCH3 is 2. The lowest BCUT2D eigenvalue weighted by atomic mass is 10.1. The lowest BCUT2D eigenvalue weighted by Gasteiger charge is -2.24. The minimum absolute atomic E-state index is 0.0522. The molecule has 0 bridgehead atoms. The molecule has 0 radical (unpaired) electrons. The largest absolute Gasteiger partial charge is 0.451 e. The van der Waals surface area contributed by atoms with E-state index in [-0.39, 0.29) is 22.5 Å². The number of fused-ring (bicyclic) bond motifs is 1. The van der Waals surface area contributed by atoms with Crippen LogP contribution in [-0.4, -0.2) is 52.0 Å². The van der Waals surface area contributed by atoms with Gasteiger partial charge in [0.2, 0.25) is 5.09 Å². The fraction of sp³-hybridized carbons (Fsp3) is 0.296. The number of para-hydroxylation sites is 1. The molecule has 8 nitrogen and oxygen atoms in total. The number of anilines is 1. The molecule has 2 heterocycles. The molecule has 0 fully saturated rings. The van der Waals surface area contributed by atoms with Gasteiger partial charge in [0.15, 0.2) is 12.1 Å². The lowest BCUT2D eigenvalue weighted by Crippen LogP contribution is -2.28. The zero-order chi connectivity index (χ0) is 26.4. The molecule has 37 heavy (non-hydrogen) atoms. The Hall–Kier alpha value is -3.05. The van der Waals surface area contributed by atoms with E-state index in [1.54, 1.807) is 44.2 Å². The summed E-state index contributed by atoms with van der Waals surface area (Å²) >= 11 is 1.69. The monoisotopic (exact) mass is 542 g/mol. The first-order valence-electron chi connectivity index (χ1n) is 11.7. The van der Waals surface area contributed by atoms with Gasteiger partial charge in [-0.1, -0.05) is 42.5 Å². The summed E-state index contributed by atoms with van der Waals surface area (Å²) in [7, 11) is 0.763. The summed E-state index contributed by atoms with van der Waals surface area (Å²) in [6.07, 6.45) is 1.70. The highest BCUT2D eigenvalue weighted by molar-refractivity contribution is 7.99. The average Bonchev–Trinajstić information content (AvgIpc) is 3.61. The number of nitrogens with zero attached hydrogens (tertiary/aromatic N) is 1. The van der Waals surface area contributed by atoms with E-state index < -0.39 is 16.3 Å². The average molecular weight is 543 g/mol. The zero-order valence-electron chi connectivity index (χ0n) is 20.9. The highest BCUT2D eigenvalue weighted by Crippen LogP contribution is 2.31. The van der Waals surface area contributed by atoms with Crippen LogP contribution in [-0.2, 0) is 25.2 Å². The van der Waals surface area contributed by atoms with E-state index in [4.69, 9.17) is 13.9 Å². The number of Topliss-reactive ketones (excluding diaryl/α,β-unsaturated/α-hetero) is 1. The maximum absolute atomic E-state index is 13.2. The first-order chi connectivity index (χ1) is 17.8. The van der Waals surface area contributed by atoms with E-state index in [0.29, 0.717) is 23.3 Å². The van der Waals surface area contributed by atoms with E-state index in [2.05, 4.69) is 17.1 Å². The summed E-state index contributed by atoms with van der Waals surface area (Å²) in [6, 6.07) is 20.1. The second-order valence-corrected chi connectivity index (χ2v) is 11.6. The number of benzene rings is 2. The highest BCUT2D eigenvalue weighted by Gasteiger charge is 2.27. The van der Waals surface area contributed by atoms with E-state index in [0.717, 1.165) is 15.4 Å². The van der Waals surface area contributed by atoms with Gasteiger partial charge in [0, 0.05) is 38.8 Å². The van der Waals surface area contributed by atoms with Crippen molar-refractivity contribution in [2.45, 2.75) is 35.2 Å². The number of rotatable bonds is 13. The van der Waals surface area contributed by atoms with Crippen LogP contribution in [0, 0.1) is 0 Å². The van der Waals surface area contributed by atoms with Crippen molar-refractivity contribution in [3.05, 3.63) is 84.3 Å². The number of aromatic nitrogens is 1. The Morgan fingerprint density at radius 2 is 1.81 bits per heavy atom. The number of hydrogen-bond donors (Lipinski definition) is 1. The predicted octanol–water partition coefficient (Wildman–Crippen LogP) is 5.47. The molecule has 0 aliphatic rings. The molecule has 0 aliphatic heterocycles. The van der Waals surface area contributed by atoms with Crippen LogP contribution in [0.3, 0.4) is 0 Å². The molecule has 4 aromatic rings. The smallest absolute Gasteiger partial charge is 0.297 e. The highest BCUT2D eigenvalue weighted by atomic mass is 32.2. The first kappa shape index (κ1) is 27.0. The van der Waals surface area contributed by atoms with Gasteiger partial charge in [-0.15, -0.1) is 11.8 Å². The van der Waals surface area contributed by atoms with E-state index >= 15 is 0 Å². The van der Waals surface area contributed by atoms with Gasteiger partial charge in [-0.2, -0.15) is 8.42 Å². The molecule has 0 aliphatic carbocycles. The Morgan fingerprint density at radius 1 is 1.05 bits per heavy atom. The molecule has 0 amide bonds. The Balaban J connectivity index is 1.50. The molecule has 4 rings (SSSR count). The summed E-state index contributed by atoms with van der Waals surface area (Å²) in [6.45, 7) is 0. The molecule has 1 atom stereocenters. The van der Waals surface area contributed by atoms with Crippen LogP contribution in [0.15, 0.2) is 82.5 Å². The Bertz CT molecular complexity index is 1410. The maximum Gasteiger partial charge on any atom is 0.297 e. The van der Waals surface area contributed by atoms with Gasteiger partial charge in [0.25, 0.3) is 10.0 Å². The number of H-pyrrole nitrogens is 1. The standard InChI is InChI=1S/C27H30N2O6S2/c1-29(37(31,32)25-13-8-16-35-25)22-12-7-11-20-17-21(28-26(20)22)23(30)14-15-24(27(33-2)34-3)36-18-19-9-5-4-6-10-19/h4-13,16-17,24,27-28H,14-15,18H2,1-3H3. The van der Waals surface area contributed by atoms with Crippen molar-refractivity contribution >= 4 is 44.2 Å². The van der Waals surface area contributed by atoms with Gasteiger partial charge in [-0.05, 0) is 36.2 Å². The molecule has 0 spiro atoms. The van der Waals surface area contributed by atoms with Crippen LogP contribution in [0.1, 0.15) is 28.9 Å². The number of aromatic amines is 1. The van der Waals surface area contributed by atoms with Gasteiger partial charge in [0.05, 0.1) is 28.4 Å². The van der Waals surface area contributed by atoms with Crippen LogP contribution in [0.2, 0.25) is 0 Å². The second-order valence-electron chi connectivity index (χ2n) is 8.47. The number of ketones is 1. The third kappa shape index (κ3) is 6.10. The molecule has 1 unspecified atom stereocenters. The molecule has 0 saturated carbocycles. The van der Waals surface area contributed by atoms with Crippen molar-refractivity contribution in [1.82, 2.24) is 4.98 Å². The molecule has 196 valence electrons. The molecule has 10 heteroatoms. The Kier molecular flexibility index (Phi) is 8.75. The summed E-state index contributed by atoms with van der Waals surface area (Å²) in [5, 5.41) is 0.535. The molecule has 2 aromatic carbocycles. The predicted molar refractivity (Wildman–Crippen MR) is 145 cm³/mol. The van der Waals surface area contributed by atoms with Gasteiger partial charge < -0.3 is 18.9 Å². The van der Waals surface area contributed by atoms with Crippen LogP contribution >= 0.6 is 11.8 Å². The molecular weight excluding hydrogens is 512 g/mol. The van der Waals surface area contributed by atoms with Crippen LogP contribution in [0.25, 0.3) is 10.9 Å². The number of furan rings is 1. The minimum atomic E-state index is -3.89. The normalized spacial score (nSPS) is 12.8. The van der Waals surface area contributed by atoms with Crippen molar-refractivity contribution in [3.8, 4) is 0 Å². The zero-order valence-corrected chi connectivity index (χ0v) is 22.6. The van der Waals surface area contributed by atoms with Crippen LogP contribution < -0.4 is 4.31 Å². The van der Waals surface area contributed by atoms with Crippen LogP contribution in [0.5, 0.6) is 0 Å². The van der Waals surface area contributed by atoms with Crippen molar-refractivity contribution in [2.75, 3.05) is 25.6 Å². The van der Waals surface area contributed by atoms with Gasteiger partial charge in [-0.25, -0.2) is 0 Å². The first-order valence-corrected chi connectivity index (χ1v) is 14.2. The topological polar surface area (TPSA) is 102 Å². The fourth-order valence-corrected chi connectivity index (χ4v) is 6.48. The summed E-state index contributed by atoms with van der Waals surface area (Å²) < 4.78 is 43.2. The van der Waals surface area contributed by atoms with Gasteiger partial charge >= 0.3 is 0 Å². The van der Waals surface area contributed by atoms with Crippen molar-refractivity contribution < 1.29 is 27.1 Å². The number of nitrogens with one attached hydrogen (secondary N) is 1. The third-order valence-corrected chi connectivity index (χ3v) is 9.16. The molecular formula is C27H30N2O6S2. The SMILES string of the molecule is COC(OC)C(CCC(=O)c1cc2cccc(N(C)S(=O)(=O)c3ccco3)c2[nH]1)SCc1ccccc1. The number of thioether (sulfide) groups is 1. The van der Waals surface area contributed by atoms with Crippen molar-refractivity contribution in [1.29, 1.82) is 0 Å². The Labute approximate surface area is 221 Å². The van der Waals surface area contributed by atoms with Gasteiger partial charge in [0.1, 0.15) is 0 Å². The van der Waals surface area contributed by atoms with Crippen molar-refractivity contribution in [2.24, 2.45) is 0 Å². The minimum Gasteiger partial charge on any atom is -0.451 e. The summed E-state index contributed by atoms with van der Waals surface area (Å²) in [5.74, 6) is 0.699. The number of carbonyl (C=O) groups is 1. The summed E-state index contributed by atoms with van der Waals surface area (Å²) in [4.78, 5) is 16.3. The van der Waals surface area contributed by atoms with E-state index in [9.17, 15) is 13.2 Å².